The molecule has 0 unspecified atom stereocenters. The molecule has 0 saturated carbocycles. The summed E-state index contributed by atoms with van der Waals surface area (Å²) in [5.74, 6) is -2.08. The molecule has 2 atom stereocenters. The monoisotopic (exact) mass is 336 g/mol. The van der Waals surface area contributed by atoms with E-state index in [1.54, 1.807) is 13.8 Å². The van der Waals surface area contributed by atoms with E-state index in [2.05, 4.69) is 5.32 Å². The first-order chi connectivity index (χ1) is 11.4. The molecule has 1 aromatic carbocycles. The maximum absolute atomic E-state index is 11.9. The number of nitrogens with one attached hydrogen (secondary N) is 1. The minimum atomic E-state index is -0.956. The number of primary amides is 1. The summed E-state index contributed by atoms with van der Waals surface area (Å²) in [5.41, 5.74) is 6.25. The topological polar surface area (TPSA) is 108 Å². The van der Waals surface area contributed by atoms with Gasteiger partial charge in [0.1, 0.15) is 12.6 Å². The van der Waals surface area contributed by atoms with Crippen molar-refractivity contribution in [2.75, 3.05) is 13.2 Å². The molecule has 0 radical (unpaired) electrons. The van der Waals surface area contributed by atoms with E-state index in [0.29, 0.717) is 0 Å². The molecule has 132 valence electrons. The minimum Gasteiger partial charge on any atom is -0.466 e. The van der Waals surface area contributed by atoms with Gasteiger partial charge in [-0.05, 0) is 18.4 Å². The van der Waals surface area contributed by atoms with Crippen molar-refractivity contribution in [3.63, 3.8) is 0 Å². The Bertz CT molecular complexity index is 547. The maximum atomic E-state index is 11.9. The molecular formula is C17H24N2O5. The number of carbonyl (C=O) groups is 3. The van der Waals surface area contributed by atoms with Crippen molar-refractivity contribution in [1.82, 2.24) is 5.32 Å². The molecule has 0 spiro atoms. The predicted octanol–water partition coefficient (Wildman–Crippen LogP) is 0.763. The van der Waals surface area contributed by atoms with Crippen LogP contribution in [0.2, 0.25) is 0 Å². The van der Waals surface area contributed by atoms with Gasteiger partial charge in [-0.3, -0.25) is 14.4 Å². The first-order valence-corrected chi connectivity index (χ1v) is 7.80. The lowest BCUT2D eigenvalue weighted by atomic mass is 9.97. The molecule has 0 aliphatic rings. The van der Waals surface area contributed by atoms with Crippen LogP contribution in [0.25, 0.3) is 0 Å². The van der Waals surface area contributed by atoms with Crippen molar-refractivity contribution in [2.45, 2.75) is 32.9 Å². The van der Waals surface area contributed by atoms with Crippen LogP contribution in [0, 0.1) is 5.92 Å². The van der Waals surface area contributed by atoms with Gasteiger partial charge in [0, 0.05) is 0 Å². The van der Waals surface area contributed by atoms with Crippen LogP contribution >= 0.6 is 0 Å². The molecule has 1 rings (SSSR count). The van der Waals surface area contributed by atoms with E-state index in [-0.39, 0.29) is 26.2 Å². The number of esters is 1. The summed E-state index contributed by atoms with van der Waals surface area (Å²) in [6.07, 6.45) is -0.00734. The molecule has 0 fully saturated rings. The van der Waals surface area contributed by atoms with Gasteiger partial charge >= 0.3 is 5.97 Å². The van der Waals surface area contributed by atoms with Crippen LogP contribution in [0.3, 0.4) is 0 Å². The number of benzene rings is 1. The second kappa shape index (κ2) is 10.4. The summed E-state index contributed by atoms with van der Waals surface area (Å²) in [6.45, 7) is 3.68. The predicted molar refractivity (Wildman–Crippen MR) is 87.6 cm³/mol. The standard InChI is InChI=1S/C17H24N2O5/c1-3-24-15(21)9-12(2)16(17(18)22)19-14(20)11-23-10-13-7-5-4-6-8-13/h4-8,12,16H,3,9-11H2,1-2H3,(H2,18,22)(H,19,20)/t12-,16+/m1/s1. The number of hydrogen-bond donors (Lipinski definition) is 2. The van der Waals surface area contributed by atoms with Crippen LogP contribution in [0.1, 0.15) is 25.8 Å². The second-order valence-electron chi connectivity index (χ2n) is 5.41. The zero-order chi connectivity index (χ0) is 17.9. The molecular weight excluding hydrogens is 312 g/mol. The van der Waals surface area contributed by atoms with Crippen LogP contribution in [-0.4, -0.2) is 37.0 Å². The number of amides is 2. The normalized spacial score (nSPS) is 12.9. The van der Waals surface area contributed by atoms with Crippen molar-refractivity contribution in [3.05, 3.63) is 35.9 Å². The van der Waals surface area contributed by atoms with E-state index in [1.807, 2.05) is 30.3 Å². The van der Waals surface area contributed by atoms with Crippen molar-refractivity contribution >= 4 is 17.8 Å². The Morgan fingerprint density at radius 2 is 1.88 bits per heavy atom. The summed E-state index contributed by atoms with van der Waals surface area (Å²) < 4.78 is 10.1. The van der Waals surface area contributed by atoms with Crippen molar-refractivity contribution in [2.24, 2.45) is 11.7 Å². The summed E-state index contributed by atoms with van der Waals surface area (Å²) in [7, 11) is 0. The summed E-state index contributed by atoms with van der Waals surface area (Å²) >= 11 is 0. The zero-order valence-corrected chi connectivity index (χ0v) is 14.0. The molecule has 0 bridgehead atoms. The van der Waals surface area contributed by atoms with E-state index < -0.39 is 29.7 Å². The van der Waals surface area contributed by atoms with Gasteiger partial charge in [-0.25, -0.2) is 0 Å². The highest BCUT2D eigenvalue weighted by Crippen LogP contribution is 2.10. The number of rotatable bonds is 10. The Balaban J connectivity index is 2.44. The van der Waals surface area contributed by atoms with E-state index in [0.717, 1.165) is 5.56 Å². The van der Waals surface area contributed by atoms with Gasteiger partial charge in [0.25, 0.3) is 0 Å². The van der Waals surface area contributed by atoms with Crippen molar-refractivity contribution in [3.8, 4) is 0 Å². The average molecular weight is 336 g/mol. The van der Waals surface area contributed by atoms with E-state index >= 15 is 0 Å². The molecule has 0 aromatic heterocycles. The van der Waals surface area contributed by atoms with E-state index in [4.69, 9.17) is 15.2 Å². The summed E-state index contributed by atoms with van der Waals surface area (Å²) in [5, 5.41) is 2.50. The Morgan fingerprint density at radius 3 is 2.46 bits per heavy atom. The third-order valence-electron chi connectivity index (χ3n) is 3.33. The van der Waals surface area contributed by atoms with Crippen LogP contribution in [-0.2, 0) is 30.5 Å². The SMILES string of the molecule is CCOC(=O)C[C@@H](C)[C@H](NC(=O)COCc1ccccc1)C(N)=O. The Kier molecular flexibility index (Phi) is 8.49. The van der Waals surface area contributed by atoms with Gasteiger partial charge in [-0.2, -0.15) is 0 Å². The number of nitrogens with two attached hydrogens (primary N) is 1. The maximum Gasteiger partial charge on any atom is 0.306 e. The van der Waals surface area contributed by atoms with E-state index in [1.165, 1.54) is 0 Å². The molecule has 7 heteroatoms. The number of ether oxygens (including phenoxy) is 2. The molecule has 0 aliphatic carbocycles. The molecule has 24 heavy (non-hydrogen) atoms. The van der Waals surface area contributed by atoms with Gasteiger partial charge in [-0.1, -0.05) is 37.3 Å². The average Bonchev–Trinajstić information content (AvgIpc) is 2.53. The Hall–Kier alpha value is -2.41. The van der Waals surface area contributed by atoms with Crippen LogP contribution < -0.4 is 11.1 Å². The molecule has 0 heterocycles. The number of carbonyl (C=O) groups excluding carboxylic acids is 3. The first-order valence-electron chi connectivity index (χ1n) is 7.80. The fraction of sp³-hybridized carbons (Fsp3) is 0.471. The lowest BCUT2D eigenvalue weighted by Gasteiger charge is -2.21. The molecule has 1 aromatic rings. The molecule has 0 saturated heterocycles. The third kappa shape index (κ3) is 7.23. The molecule has 0 aliphatic heterocycles. The van der Waals surface area contributed by atoms with Crippen molar-refractivity contribution < 1.29 is 23.9 Å². The second-order valence-corrected chi connectivity index (χ2v) is 5.41. The fourth-order valence-corrected chi connectivity index (χ4v) is 2.15. The minimum absolute atomic E-state index is 0.00734. The number of hydrogen-bond acceptors (Lipinski definition) is 5. The first kappa shape index (κ1) is 19.6. The quantitative estimate of drug-likeness (QED) is 0.613. The Morgan fingerprint density at radius 1 is 1.21 bits per heavy atom. The van der Waals surface area contributed by atoms with Crippen LogP contribution in [0.5, 0.6) is 0 Å². The van der Waals surface area contributed by atoms with Gasteiger partial charge in [-0.15, -0.1) is 0 Å². The summed E-state index contributed by atoms with van der Waals surface area (Å²) in [6, 6.07) is 8.44. The van der Waals surface area contributed by atoms with Crippen molar-refractivity contribution in [1.29, 1.82) is 0 Å². The van der Waals surface area contributed by atoms with Crippen LogP contribution in [0.4, 0.5) is 0 Å². The lowest BCUT2D eigenvalue weighted by molar-refractivity contribution is -0.145. The Labute approximate surface area is 141 Å². The van der Waals surface area contributed by atoms with E-state index in [9.17, 15) is 14.4 Å². The molecule has 7 nitrogen and oxygen atoms in total. The fourth-order valence-electron chi connectivity index (χ4n) is 2.15. The van der Waals surface area contributed by atoms with Gasteiger partial charge in [0.15, 0.2) is 0 Å². The van der Waals surface area contributed by atoms with Gasteiger partial charge in [0.2, 0.25) is 11.8 Å². The largest absolute Gasteiger partial charge is 0.466 e. The lowest BCUT2D eigenvalue weighted by Crippen LogP contribution is -2.49. The molecule has 3 N–H and O–H groups in total. The van der Waals surface area contributed by atoms with Gasteiger partial charge < -0.3 is 20.5 Å². The van der Waals surface area contributed by atoms with Crippen LogP contribution in [0.15, 0.2) is 30.3 Å². The third-order valence-corrected chi connectivity index (χ3v) is 3.33. The highest BCUT2D eigenvalue weighted by Gasteiger charge is 2.27. The zero-order valence-electron chi connectivity index (χ0n) is 14.0. The highest BCUT2D eigenvalue weighted by atomic mass is 16.5. The highest BCUT2D eigenvalue weighted by molar-refractivity contribution is 5.87. The summed E-state index contributed by atoms with van der Waals surface area (Å²) in [4.78, 5) is 34.9. The molecule has 2 amide bonds. The smallest absolute Gasteiger partial charge is 0.306 e. The van der Waals surface area contributed by atoms with Gasteiger partial charge in [0.05, 0.1) is 19.6 Å².